The number of unbranched alkanes of at least 4 members (excludes halogenated alkanes) is 3. The summed E-state index contributed by atoms with van der Waals surface area (Å²) in [4.78, 5) is 24.0. The third kappa shape index (κ3) is 5.93. The topological polar surface area (TPSA) is 55.4 Å². The minimum Gasteiger partial charge on any atom is -0.453 e. The van der Waals surface area contributed by atoms with Gasteiger partial charge in [-0.05, 0) is 19.3 Å². The smallest absolute Gasteiger partial charge is 0.407 e. The molecule has 0 saturated carbocycles. The number of methoxy groups -OCH3 is 1. The number of carbonyl (C=O) groups is 2. The first-order valence-corrected chi connectivity index (χ1v) is 7.83. The van der Waals surface area contributed by atoms with Crippen LogP contribution in [0.15, 0.2) is 0 Å². The van der Waals surface area contributed by atoms with E-state index in [9.17, 15) is 9.59 Å². The number of alkyl carbamates (subject to hydrolysis) is 1. The fraction of sp³-hybridized carbons (Fsp3) is 0.875. The second-order valence-electron chi connectivity index (χ2n) is 5.69. The lowest BCUT2D eigenvalue weighted by atomic mass is 9.75. The van der Waals surface area contributed by atoms with Gasteiger partial charge >= 0.3 is 6.09 Å². The highest BCUT2D eigenvalue weighted by Gasteiger charge is 2.35. The first kappa shape index (κ1) is 18.9. The van der Waals surface area contributed by atoms with Gasteiger partial charge in [-0.15, -0.1) is 0 Å². The summed E-state index contributed by atoms with van der Waals surface area (Å²) in [6.07, 6.45) is 6.40. The van der Waals surface area contributed by atoms with Gasteiger partial charge in [-0.3, -0.25) is 4.79 Å². The molecule has 4 heteroatoms. The Labute approximate surface area is 123 Å². The van der Waals surface area contributed by atoms with E-state index in [0.717, 1.165) is 19.3 Å². The zero-order valence-electron chi connectivity index (χ0n) is 13.8. The minimum absolute atomic E-state index is 0.129. The largest absolute Gasteiger partial charge is 0.453 e. The molecule has 0 aromatic heterocycles. The number of nitrogens with one attached hydrogen (secondary N) is 1. The second kappa shape index (κ2) is 9.78. The first-order chi connectivity index (χ1) is 9.45. The molecule has 1 amide bonds. The highest BCUT2D eigenvalue weighted by Crippen LogP contribution is 2.31. The molecule has 0 heterocycles. The fourth-order valence-electron chi connectivity index (χ4n) is 2.39. The van der Waals surface area contributed by atoms with Crippen LogP contribution in [0.25, 0.3) is 0 Å². The molecule has 0 bridgehead atoms. The van der Waals surface area contributed by atoms with E-state index in [4.69, 9.17) is 0 Å². The second-order valence-corrected chi connectivity index (χ2v) is 5.69. The number of ether oxygens (including phenoxy) is 1. The van der Waals surface area contributed by atoms with E-state index < -0.39 is 12.1 Å². The Balaban J connectivity index is 4.64. The van der Waals surface area contributed by atoms with Crippen LogP contribution in [0, 0.1) is 5.41 Å². The number of ketones is 1. The molecule has 0 aromatic rings. The van der Waals surface area contributed by atoms with E-state index in [0.29, 0.717) is 6.42 Å². The summed E-state index contributed by atoms with van der Waals surface area (Å²) in [7, 11) is 1.32. The van der Waals surface area contributed by atoms with Gasteiger partial charge < -0.3 is 10.1 Å². The highest BCUT2D eigenvalue weighted by molar-refractivity contribution is 5.91. The number of rotatable bonds is 10. The van der Waals surface area contributed by atoms with Crippen LogP contribution in [0.2, 0.25) is 0 Å². The molecule has 0 radical (unpaired) electrons. The van der Waals surface area contributed by atoms with Crippen molar-refractivity contribution < 1.29 is 14.3 Å². The molecule has 0 rings (SSSR count). The molecule has 1 unspecified atom stereocenters. The molecule has 1 N–H and O–H groups in total. The van der Waals surface area contributed by atoms with Crippen LogP contribution in [-0.2, 0) is 9.53 Å². The number of hydrogen-bond donors (Lipinski definition) is 1. The van der Waals surface area contributed by atoms with E-state index in [-0.39, 0.29) is 11.2 Å². The van der Waals surface area contributed by atoms with E-state index in [2.05, 4.69) is 17.0 Å². The lowest BCUT2D eigenvalue weighted by molar-refractivity contribution is -0.130. The molecule has 0 spiro atoms. The van der Waals surface area contributed by atoms with Crippen LogP contribution < -0.4 is 5.32 Å². The van der Waals surface area contributed by atoms with E-state index in [1.54, 1.807) is 0 Å². The molecular formula is C16H31NO3. The number of amides is 1. The zero-order valence-corrected chi connectivity index (χ0v) is 13.8. The zero-order chi connectivity index (χ0) is 15.6. The van der Waals surface area contributed by atoms with Crippen molar-refractivity contribution in [2.45, 2.75) is 78.7 Å². The van der Waals surface area contributed by atoms with Crippen molar-refractivity contribution in [2.75, 3.05) is 7.11 Å². The number of Topliss-reactive ketones (excluding diaryl/α,β-unsaturated/α-hetero) is 1. The van der Waals surface area contributed by atoms with Crippen LogP contribution in [0.3, 0.4) is 0 Å². The summed E-state index contributed by atoms with van der Waals surface area (Å²) in [6.45, 7) is 8.15. The minimum atomic E-state index is -0.533. The SMILES string of the molecule is CCCCCCC(C)(CC)C(=O)[C@H](CC)NC(=O)OC. The van der Waals surface area contributed by atoms with E-state index in [1.807, 2.05) is 20.8 Å². The quantitative estimate of drug-likeness (QED) is 0.615. The first-order valence-electron chi connectivity index (χ1n) is 7.83. The van der Waals surface area contributed by atoms with Crippen LogP contribution >= 0.6 is 0 Å². The monoisotopic (exact) mass is 285 g/mol. The van der Waals surface area contributed by atoms with Gasteiger partial charge in [-0.1, -0.05) is 53.4 Å². The van der Waals surface area contributed by atoms with Crippen LogP contribution in [0.4, 0.5) is 4.79 Å². The van der Waals surface area contributed by atoms with Gasteiger partial charge in [0.05, 0.1) is 13.2 Å². The third-order valence-corrected chi connectivity index (χ3v) is 4.16. The third-order valence-electron chi connectivity index (χ3n) is 4.16. The molecule has 0 fully saturated rings. The van der Waals surface area contributed by atoms with Crippen molar-refractivity contribution in [1.82, 2.24) is 5.32 Å². The van der Waals surface area contributed by atoms with Crippen LogP contribution in [0.5, 0.6) is 0 Å². The summed E-state index contributed by atoms with van der Waals surface area (Å²) in [5.41, 5.74) is -0.352. The van der Waals surface area contributed by atoms with Crippen molar-refractivity contribution >= 4 is 11.9 Å². The average Bonchev–Trinajstić information content (AvgIpc) is 2.47. The predicted octanol–water partition coefficient (Wildman–Crippen LogP) is 4.08. The van der Waals surface area contributed by atoms with Gasteiger partial charge in [0, 0.05) is 5.41 Å². The van der Waals surface area contributed by atoms with Crippen molar-refractivity contribution in [3.8, 4) is 0 Å². The Hall–Kier alpha value is -1.06. The van der Waals surface area contributed by atoms with Gasteiger partial charge in [-0.2, -0.15) is 0 Å². The molecule has 0 aliphatic rings. The van der Waals surface area contributed by atoms with E-state index in [1.165, 1.54) is 26.4 Å². The normalized spacial score (nSPS) is 15.2. The molecule has 0 aliphatic carbocycles. The maximum atomic E-state index is 12.7. The Morgan fingerprint density at radius 1 is 1.15 bits per heavy atom. The summed E-state index contributed by atoms with van der Waals surface area (Å²) in [5.74, 6) is 0.129. The average molecular weight is 285 g/mol. The maximum absolute atomic E-state index is 12.7. The molecule has 0 aliphatic heterocycles. The molecule has 0 saturated heterocycles. The molecule has 118 valence electrons. The van der Waals surface area contributed by atoms with Gasteiger partial charge in [0.25, 0.3) is 0 Å². The lowest BCUT2D eigenvalue weighted by Gasteiger charge is -2.31. The maximum Gasteiger partial charge on any atom is 0.407 e. The molecule has 20 heavy (non-hydrogen) atoms. The molecule has 2 atom stereocenters. The standard InChI is InChI=1S/C16H31NO3/c1-6-9-10-11-12-16(4,8-3)14(18)13(7-2)17-15(19)20-5/h13H,6-12H2,1-5H3,(H,17,19)/t13-,16?/m0/s1. The van der Waals surface area contributed by atoms with Crippen LogP contribution in [0.1, 0.15) is 72.6 Å². The molecule has 0 aromatic carbocycles. The number of carbonyl (C=O) groups excluding carboxylic acids is 2. The summed E-state index contributed by atoms with van der Waals surface area (Å²) in [5, 5.41) is 2.65. The Morgan fingerprint density at radius 2 is 1.80 bits per heavy atom. The lowest BCUT2D eigenvalue weighted by Crippen LogP contribution is -2.46. The summed E-state index contributed by atoms with van der Waals surface area (Å²) in [6, 6.07) is -0.446. The number of hydrogen-bond acceptors (Lipinski definition) is 3. The predicted molar refractivity (Wildman–Crippen MR) is 81.8 cm³/mol. The molecule has 4 nitrogen and oxygen atoms in total. The van der Waals surface area contributed by atoms with Crippen molar-refractivity contribution in [2.24, 2.45) is 5.41 Å². The van der Waals surface area contributed by atoms with E-state index >= 15 is 0 Å². The fourth-order valence-corrected chi connectivity index (χ4v) is 2.39. The highest BCUT2D eigenvalue weighted by atomic mass is 16.5. The summed E-state index contributed by atoms with van der Waals surface area (Å²) < 4.78 is 4.59. The van der Waals surface area contributed by atoms with Gasteiger partial charge in [0.1, 0.15) is 0 Å². The van der Waals surface area contributed by atoms with Crippen molar-refractivity contribution in [3.05, 3.63) is 0 Å². The van der Waals surface area contributed by atoms with Crippen LogP contribution in [-0.4, -0.2) is 25.0 Å². The van der Waals surface area contributed by atoms with Crippen molar-refractivity contribution in [3.63, 3.8) is 0 Å². The Morgan fingerprint density at radius 3 is 2.25 bits per heavy atom. The summed E-state index contributed by atoms with van der Waals surface area (Å²) >= 11 is 0. The van der Waals surface area contributed by atoms with Gasteiger partial charge in [-0.25, -0.2) is 4.79 Å². The Kier molecular flexibility index (Phi) is 9.26. The van der Waals surface area contributed by atoms with Crippen molar-refractivity contribution in [1.29, 1.82) is 0 Å². The van der Waals surface area contributed by atoms with Gasteiger partial charge in [0.15, 0.2) is 5.78 Å². The van der Waals surface area contributed by atoms with Gasteiger partial charge in [0.2, 0.25) is 0 Å². The molecular weight excluding hydrogens is 254 g/mol. The Bertz CT molecular complexity index is 304.